The van der Waals surface area contributed by atoms with Gasteiger partial charge in [0.1, 0.15) is 0 Å². The number of hydrogen-bond acceptors (Lipinski definition) is 2. The highest BCUT2D eigenvalue weighted by atomic mass is 16.5. The zero-order valence-electron chi connectivity index (χ0n) is 12.1. The van der Waals surface area contributed by atoms with Crippen molar-refractivity contribution >= 4 is 0 Å². The van der Waals surface area contributed by atoms with Crippen molar-refractivity contribution in [1.29, 1.82) is 0 Å². The highest BCUT2D eigenvalue weighted by Crippen LogP contribution is 2.47. The maximum Gasteiger partial charge on any atom is 0.0840 e. The molecule has 3 fully saturated rings. The van der Waals surface area contributed by atoms with Crippen LogP contribution in [0.2, 0.25) is 0 Å². The molecule has 3 rings (SSSR count). The molecule has 1 heterocycles. The van der Waals surface area contributed by atoms with Gasteiger partial charge in [-0.1, -0.05) is 33.1 Å². The van der Waals surface area contributed by atoms with E-state index in [1.165, 1.54) is 51.4 Å². The van der Waals surface area contributed by atoms with Gasteiger partial charge in [0.2, 0.25) is 0 Å². The Morgan fingerprint density at radius 1 is 1.17 bits per heavy atom. The zero-order valence-corrected chi connectivity index (χ0v) is 12.1. The summed E-state index contributed by atoms with van der Waals surface area (Å²) in [4.78, 5) is 0. The van der Waals surface area contributed by atoms with Gasteiger partial charge in [-0.25, -0.2) is 0 Å². The van der Waals surface area contributed by atoms with Crippen LogP contribution in [0.3, 0.4) is 0 Å². The van der Waals surface area contributed by atoms with Crippen LogP contribution < -0.4 is 5.32 Å². The highest BCUT2D eigenvalue weighted by Gasteiger charge is 2.48. The molecule has 1 saturated heterocycles. The standard InChI is InChI=1S/C16H29NO/c1-15(2)7-4-8-16(12-15)14(17-9-10-18-16)11-13-5-3-6-13/h13-14,17H,3-12H2,1-2H3. The van der Waals surface area contributed by atoms with Crippen LogP contribution in [0.1, 0.15) is 65.2 Å². The van der Waals surface area contributed by atoms with E-state index < -0.39 is 0 Å². The number of rotatable bonds is 2. The third kappa shape index (κ3) is 2.46. The van der Waals surface area contributed by atoms with Crippen LogP contribution in [0.25, 0.3) is 0 Å². The average molecular weight is 251 g/mol. The quantitative estimate of drug-likeness (QED) is 0.811. The summed E-state index contributed by atoms with van der Waals surface area (Å²) in [7, 11) is 0. The van der Waals surface area contributed by atoms with Gasteiger partial charge in [0.25, 0.3) is 0 Å². The summed E-state index contributed by atoms with van der Waals surface area (Å²) >= 11 is 0. The number of nitrogens with one attached hydrogen (secondary N) is 1. The Morgan fingerprint density at radius 2 is 2.00 bits per heavy atom. The molecule has 104 valence electrons. The van der Waals surface area contributed by atoms with Gasteiger partial charge in [0.15, 0.2) is 0 Å². The maximum absolute atomic E-state index is 6.36. The van der Waals surface area contributed by atoms with E-state index in [2.05, 4.69) is 19.2 Å². The molecule has 0 aromatic heterocycles. The SMILES string of the molecule is CC1(C)CCCC2(C1)OCCNC2CC1CCC1. The summed E-state index contributed by atoms with van der Waals surface area (Å²) in [6.45, 7) is 6.81. The Labute approximate surface area is 112 Å². The molecule has 1 spiro atoms. The minimum absolute atomic E-state index is 0.162. The molecule has 2 nitrogen and oxygen atoms in total. The monoisotopic (exact) mass is 251 g/mol. The normalized spacial score (nSPS) is 40.7. The van der Waals surface area contributed by atoms with Crippen LogP contribution >= 0.6 is 0 Å². The Kier molecular flexibility index (Phi) is 3.44. The van der Waals surface area contributed by atoms with E-state index >= 15 is 0 Å². The molecule has 18 heavy (non-hydrogen) atoms. The van der Waals surface area contributed by atoms with Crippen molar-refractivity contribution in [3.05, 3.63) is 0 Å². The van der Waals surface area contributed by atoms with Gasteiger partial charge in [-0.2, -0.15) is 0 Å². The first-order valence-corrected chi connectivity index (χ1v) is 7.97. The fourth-order valence-corrected chi connectivity index (χ4v) is 4.41. The van der Waals surface area contributed by atoms with Gasteiger partial charge >= 0.3 is 0 Å². The van der Waals surface area contributed by atoms with Crippen LogP contribution in [-0.2, 0) is 4.74 Å². The third-order valence-corrected chi connectivity index (χ3v) is 5.54. The second-order valence-corrected chi connectivity index (χ2v) is 7.65. The van der Waals surface area contributed by atoms with E-state index in [-0.39, 0.29) is 5.60 Å². The smallest absolute Gasteiger partial charge is 0.0840 e. The maximum atomic E-state index is 6.36. The van der Waals surface area contributed by atoms with Gasteiger partial charge in [-0.15, -0.1) is 0 Å². The van der Waals surface area contributed by atoms with E-state index in [9.17, 15) is 0 Å². The van der Waals surface area contributed by atoms with Gasteiger partial charge in [0, 0.05) is 12.6 Å². The third-order valence-electron chi connectivity index (χ3n) is 5.54. The predicted octanol–water partition coefficient (Wildman–Crippen LogP) is 3.50. The number of hydrogen-bond donors (Lipinski definition) is 1. The number of ether oxygens (including phenoxy) is 1. The average Bonchev–Trinajstić information content (AvgIpc) is 2.24. The molecular formula is C16H29NO. The molecule has 1 aliphatic heterocycles. The second kappa shape index (κ2) is 4.79. The molecule has 2 saturated carbocycles. The lowest BCUT2D eigenvalue weighted by Crippen LogP contribution is -2.61. The molecule has 0 aromatic carbocycles. The molecule has 0 aromatic rings. The van der Waals surface area contributed by atoms with Gasteiger partial charge in [-0.05, 0) is 43.4 Å². The van der Waals surface area contributed by atoms with E-state index in [4.69, 9.17) is 4.74 Å². The topological polar surface area (TPSA) is 21.3 Å². The van der Waals surface area contributed by atoms with Crippen molar-refractivity contribution in [2.24, 2.45) is 11.3 Å². The predicted molar refractivity (Wildman–Crippen MR) is 74.7 cm³/mol. The zero-order chi connectivity index (χ0) is 12.6. The fraction of sp³-hybridized carbons (Fsp3) is 1.00. The Balaban J connectivity index is 1.72. The summed E-state index contributed by atoms with van der Waals surface area (Å²) in [5.41, 5.74) is 0.630. The summed E-state index contributed by atoms with van der Waals surface area (Å²) in [6.07, 6.45) is 11.0. The highest BCUT2D eigenvalue weighted by molar-refractivity contribution is 5.02. The van der Waals surface area contributed by atoms with Crippen molar-refractivity contribution in [2.45, 2.75) is 76.9 Å². The molecule has 1 N–H and O–H groups in total. The fourth-order valence-electron chi connectivity index (χ4n) is 4.41. The van der Waals surface area contributed by atoms with Crippen LogP contribution in [-0.4, -0.2) is 24.8 Å². The molecule has 2 unspecified atom stereocenters. The first-order chi connectivity index (χ1) is 8.60. The largest absolute Gasteiger partial charge is 0.372 e. The number of morpholine rings is 1. The first-order valence-electron chi connectivity index (χ1n) is 7.97. The lowest BCUT2D eigenvalue weighted by Gasteiger charge is -2.52. The molecule has 2 atom stereocenters. The molecule has 2 heteroatoms. The van der Waals surface area contributed by atoms with Crippen molar-refractivity contribution < 1.29 is 4.74 Å². The Morgan fingerprint density at radius 3 is 2.67 bits per heavy atom. The van der Waals surface area contributed by atoms with Crippen molar-refractivity contribution in [3.63, 3.8) is 0 Å². The van der Waals surface area contributed by atoms with E-state index in [1.54, 1.807) is 0 Å². The second-order valence-electron chi connectivity index (χ2n) is 7.65. The van der Waals surface area contributed by atoms with Crippen LogP contribution in [0, 0.1) is 11.3 Å². The van der Waals surface area contributed by atoms with Gasteiger partial charge < -0.3 is 10.1 Å². The minimum Gasteiger partial charge on any atom is -0.372 e. The molecule has 0 amide bonds. The lowest BCUT2D eigenvalue weighted by atomic mass is 9.64. The van der Waals surface area contributed by atoms with Crippen LogP contribution in [0.15, 0.2) is 0 Å². The van der Waals surface area contributed by atoms with Crippen molar-refractivity contribution in [3.8, 4) is 0 Å². The van der Waals surface area contributed by atoms with E-state index in [0.717, 1.165) is 19.1 Å². The minimum atomic E-state index is 0.162. The first kappa shape index (κ1) is 12.9. The Hall–Kier alpha value is -0.0800. The van der Waals surface area contributed by atoms with Crippen LogP contribution in [0.4, 0.5) is 0 Å². The summed E-state index contributed by atoms with van der Waals surface area (Å²) < 4.78 is 6.36. The molecule has 0 radical (unpaired) electrons. The molecular weight excluding hydrogens is 222 g/mol. The van der Waals surface area contributed by atoms with Crippen molar-refractivity contribution in [2.75, 3.05) is 13.2 Å². The van der Waals surface area contributed by atoms with E-state index in [1.807, 2.05) is 0 Å². The summed E-state index contributed by atoms with van der Waals surface area (Å²) in [5.74, 6) is 0.978. The Bertz CT molecular complexity index is 293. The van der Waals surface area contributed by atoms with Crippen LogP contribution in [0.5, 0.6) is 0 Å². The lowest BCUT2D eigenvalue weighted by molar-refractivity contribution is -0.145. The summed E-state index contributed by atoms with van der Waals surface area (Å²) in [5, 5.41) is 3.79. The molecule has 3 aliphatic rings. The molecule has 2 aliphatic carbocycles. The molecule has 0 bridgehead atoms. The van der Waals surface area contributed by atoms with E-state index in [0.29, 0.717) is 11.5 Å². The van der Waals surface area contributed by atoms with Gasteiger partial charge in [-0.3, -0.25) is 0 Å². The van der Waals surface area contributed by atoms with Crippen molar-refractivity contribution in [1.82, 2.24) is 5.32 Å². The van der Waals surface area contributed by atoms with Gasteiger partial charge in [0.05, 0.1) is 12.2 Å². The summed E-state index contributed by atoms with van der Waals surface area (Å²) in [6, 6.07) is 0.621.